The van der Waals surface area contributed by atoms with Crippen LogP contribution in [0.25, 0.3) is 0 Å². The highest BCUT2D eigenvalue weighted by atomic mass is 35.5. The summed E-state index contributed by atoms with van der Waals surface area (Å²) < 4.78 is 82.2. The summed E-state index contributed by atoms with van der Waals surface area (Å²) in [7, 11) is -0.637. The molecule has 0 saturated carbocycles. The Bertz CT molecular complexity index is 1450. The number of hydrogen-bond donors (Lipinski definition) is 3. The van der Waals surface area contributed by atoms with Crippen LogP contribution in [0.2, 0.25) is 5.02 Å². The fraction of sp³-hybridized carbons (Fsp3) is 0.320. The highest BCUT2D eigenvalue weighted by molar-refractivity contribution is 7.92. The van der Waals surface area contributed by atoms with E-state index in [0.717, 1.165) is 30.6 Å². The molecular weight excluding hydrogens is 592 g/mol. The van der Waals surface area contributed by atoms with E-state index >= 15 is 0 Å². The largest absolute Gasteiger partial charge is 0.483 e. The van der Waals surface area contributed by atoms with Gasteiger partial charge in [-0.2, -0.15) is 13.2 Å². The van der Waals surface area contributed by atoms with Gasteiger partial charge in [0.05, 0.1) is 16.3 Å². The van der Waals surface area contributed by atoms with E-state index < -0.39 is 32.5 Å². The number of carbonyl (C=O) groups is 1. The Morgan fingerprint density at radius 1 is 1.20 bits per heavy atom. The van der Waals surface area contributed by atoms with Crippen molar-refractivity contribution in [2.45, 2.75) is 29.6 Å². The normalized spacial score (nSPS) is 17.4. The minimum absolute atomic E-state index is 0.00715. The number of piperidine rings is 1. The summed E-state index contributed by atoms with van der Waals surface area (Å²) in [5.74, 6) is -1.04. The Morgan fingerprint density at radius 2 is 1.90 bits per heavy atom. The van der Waals surface area contributed by atoms with Gasteiger partial charge in [0, 0.05) is 37.1 Å². The van der Waals surface area contributed by atoms with E-state index in [1.54, 1.807) is 6.07 Å². The molecule has 10 nitrogen and oxygen atoms in total. The number of nitrogens with one attached hydrogen (secondary N) is 2. The molecule has 0 unspecified atom stereocenters. The minimum atomic E-state index is -4.44. The number of nitrogens with zero attached hydrogens (tertiary/aromatic N) is 4. The number of alkyl halides is 3. The van der Waals surface area contributed by atoms with Gasteiger partial charge in [0.2, 0.25) is 0 Å². The van der Waals surface area contributed by atoms with E-state index in [1.165, 1.54) is 18.3 Å². The summed E-state index contributed by atoms with van der Waals surface area (Å²) in [5, 5.41) is 10.1. The maximum absolute atomic E-state index is 15.0. The van der Waals surface area contributed by atoms with Crippen molar-refractivity contribution in [3.8, 4) is 0 Å². The first kappa shape index (κ1) is 31.8. The average Bonchev–Trinajstić information content (AvgIpc) is 2.91. The molecule has 0 amide bonds. The molecule has 1 fully saturated rings. The van der Waals surface area contributed by atoms with Crippen molar-refractivity contribution in [3.05, 3.63) is 71.4 Å². The van der Waals surface area contributed by atoms with Crippen LogP contribution in [-0.4, -0.2) is 74.1 Å². The molecule has 0 aliphatic carbocycles. The zero-order valence-corrected chi connectivity index (χ0v) is 23.4. The molecule has 1 aliphatic rings. The first-order valence-corrected chi connectivity index (χ1v) is 13.8. The predicted molar refractivity (Wildman–Crippen MR) is 146 cm³/mol. The van der Waals surface area contributed by atoms with Gasteiger partial charge in [-0.05, 0) is 56.9 Å². The molecule has 3 N–H and O–H groups in total. The first-order chi connectivity index (χ1) is 19.3. The first-order valence-electron chi connectivity index (χ1n) is 12.0. The second kappa shape index (κ2) is 13.3. The topological polar surface area (TPSA) is 128 Å². The third kappa shape index (κ3) is 8.17. The quantitative estimate of drug-likeness (QED) is 0.261. The molecule has 4 rings (SSSR count). The molecule has 222 valence electrons. The van der Waals surface area contributed by atoms with Crippen molar-refractivity contribution in [1.29, 1.82) is 0 Å². The van der Waals surface area contributed by atoms with Gasteiger partial charge in [0.15, 0.2) is 0 Å². The van der Waals surface area contributed by atoms with E-state index in [2.05, 4.69) is 20.0 Å². The van der Waals surface area contributed by atoms with Crippen molar-refractivity contribution < 1.29 is 35.9 Å². The van der Waals surface area contributed by atoms with Crippen molar-refractivity contribution in [2.24, 2.45) is 0 Å². The maximum atomic E-state index is 15.0. The van der Waals surface area contributed by atoms with Gasteiger partial charge in [-0.15, -0.1) is 0 Å². The Morgan fingerprint density at radius 3 is 2.51 bits per heavy atom. The Hall–Kier alpha value is -3.69. The molecule has 3 aromatic rings. The molecule has 0 spiro atoms. The lowest BCUT2D eigenvalue weighted by atomic mass is 9.97. The van der Waals surface area contributed by atoms with Crippen LogP contribution in [0.1, 0.15) is 12.0 Å². The van der Waals surface area contributed by atoms with Gasteiger partial charge in [-0.25, -0.2) is 22.8 Å². The van der Waals surface area contributed by atoms with Crippen LogP contribution in [0.3, 0.4) is 0 Å². The molecule has 41 heavy (non-hydrogen) atoms. The number of rotatable bonds is 7. The number of likely N-dealkylation sites (N-methyl/N-ethyl adjacent to an activating group) is 1. The lowest BCUT2D eigenvalue weighted by Gasteiger charge is -2.43. The molecular formula is C25H27ClF4N6O4S. The maximum Gasteiger partial charge on any atom is 0.416 e. The number of hydrogen-bond acceptors (Lipinski definition) is 8. The fourth-order valence-corrected chi connectivity index (χ4v) is 5.70. The second-order valence-electron chi connectivity index (χ2n) is 9.13. The molecule has 1 aromatic heterocycles. The molecule has 16 heteroatoms. The number of benzene rings is 2. The van der Waals surface area contributed by atoms with E-state index in [-0.39, 0.29) is 35.1 Å². The van der Waals surface area contributed by atoms with Crippen molar-refractivity contribution >= 4 is 45.3 Å². The van der Waals surface area contributed by atoms with Crippen LogP contribution < -0.4 is 14.9 Å². The predicted octanol–water partition coefficient (Wildman–Crippen LogP) is 4.41. The van der Waals surface area contributed by atoms with Crippen molar-refractivity contribution in [2.75, 3.05) is 42.1 Å². The fourth-order valence-electron chi connectivity index (χ4n) is 4.33. The highest BCUT2D eigenvalue weighted by Gasteiger charge is 2.34. The third-order valence-electron chi connectivity index (χ3n) is 6.26. The van der Waals surface area contributed by atoms with Crippen molar-refractivity contribution in [1.82, 2.24) is 14.9 Å². The minimum Gasteiger partial charge on any atom is -0.483 e. The summed E-state index contributed by atoms with van der Waals surface area (Å²) in [6, 6.07) is 8.10. The molecule has 2 heterocycles. The zero-order chi connectivity index (χ0) is 30.4. The van der Waals surface area contributed by atoms with Gasteiger partial charge < -0.3 is 20.2 Å². The number of sulfonamides is 1. The Kier molecular flexibility index (Phi) is 10.3. The third-order valence-corrected chi connectivity index (χ3v) is 7.94. The molecule has 2 aromatic carbocycles. The smallest absolute Gasteiger partial charge is 0.416 e. The lowest BCUT2D eigenvalue weighted by Crippen LogP contribution is -2.56. The number of aromatic nitrogens is 2. The van der Waals surface area contributed by atoms with Crippen LogP contribution in [0, 0.1) is 5.82 Å². The van der Waals surface area contributed by atoms with Crippen LogP contribution >= 0.6 is 11.6 Å². The van der Waals surface area contributed by atoms with Crippen LogP contribution in [0.15, 0.2) is 59.9 Å². The van der Waals surface area contributed by atoms with Crippen LogP contribution in [0.5, 0.6) is 0 Å². The Balaban J connectivity index is 0.00000147. The molecule has 2 atom stereocenters. The monoisotopic (exact) mass is 618 g/mol. The van der Waals surface area contributed by atoms with Gasteiger partial charge >= 0.3 is 6.18 Å². The number of halogens is 5. The summed E-state index contributed by atoms with van der Waals surface area (Å²) in [4.78, 5) is 19.0. The summed E-state index contributed by atoms with van der Waals surface area (Å²) in [5.41, 5.74) is -0.0578. The molecule has 1 aliphatic heterocycles. The summed E-state index contributed by atoms with van der Waals surface area (Å²) in [6.07, 6.45) is -1.46. The number of anilines is 3. The van der Waals surface area contributed by atoms with E-state index in [1.807, 2.05) is 23.9 Å². The molecule has 0 radical (unpaired) electrons. The van der Waals surface area contributed by atoms with E-state index in [4.69, 9.17) is 21.5 Å². The SMILES string of the molecule is CN(C)[C@@H]1CN(c2cccc(C(F)(F)F)c2)CC[C@H]1Nc1cc(F)c(S(=O)(=O)Nc2ccncn2)cc1Cl.O=CO. The Labute approximate surface area is 239 Å². The summed E-state index contributed by atoms with van der Waals surface area (Å²) in [6.45, 7) is 0.597. The lowest BCUT2D eigenvalue weighted by molar-refractivity contribution is -0.137. The standard InChI is InChI=1S/C24H25ClF4N6O2S.CH2O2/c1-34(2)21-13-35(16-5-3-4-15(10-16)24(27,28)29)9-7-19(21)32-20-12-18(26)22(11-17(20)25)38(36,37)33-23-6-8-30-14-31-23;2-1-3/h3-6,8,10-12,14,19,21,32H,7,9,13H2,1-2H3,(H,30,31,33);1H,(H,2,3)/t19-,21-;/m1./s1. The average molecular weight is 619 g/mol. The van der Waals surface area contributed by atoms with E-state index in [9.17, 15) is 26.0 Å². The van der Waals surface area contributed by atoms with Gasteiger partial charge in [0.25, 0.3) is 16.5 Å². The van der Waals surface area contributed by atoms with Gasteiger partial charge in [-0.1, -0.05) is 17.7 Å². The second-order valence-corrected chi connectivity index (χ2v) is 11.2. The van der Waals surface area contributed by atoms with Gasteiger partial charge in [0.1, 0.15) is 22.9 Å². The molecule has 1 saturated heterocycles. The number of carboxylic acid groups (broad SMARTS) is 1. The molecule has 0 bridgehead atoms. The van der Waals surface area contributed by atoms with E-state index in [0.29, 0.717) is 25.2 Å². The highest BCUT2D eigenvalue weighted by Crippen LogP contribution is 2.34. The van der Waals surface area contributed by atoms with Crippen LogP contribution in [-0.2, 0) is 21.0 Å². The van der Waals surface area contributed by atoms with Crippen molar-refractivity contribution in [3.63, 3.8) is 0 Å². The van der Waals surface area contributed by atoms with Gasteiger partial charge in [-0.3, -0.25) is 9.52 Å². The van der Waals surface area contributed by atoms with Crippen LogP contribution in [0.4, 0.5) is 34.8 Å². The zero-order valence-electron chi connectivity index (χ0n) is 21.8. The summed E-state index contributed by atoms with van der Waals surface area (Å²) >= 11 is 6.36.